The molecule has 1 aliphatic heterocycles. The Kier molecular flexibility index (Phi) is 3.33. The summed E-state index contributed by atoms with van der Waals surface area (Å²) in [7, 11) is 0. The zero-order chi connectivity index (χ0) is 13.2. The van der Waals surface area contributed by atoms with E-state index in [2.05, 4.69) is 20.0 Å². The van der Waals surface area contributed by atoms with Gasteiger partial charge < -0.3 is 10.6 Å². The van der Waals surface area contributed by atoms with Crippen molar-refractivity contribution >= 4 is 11.7 Å². The minimum absolute atomic E-state index is 0.0605. The van der Waals surface area contributed by atoms with Crippen molar-refractivity contribution in [3.05, 3.63) is 17.8 Å². The third kappa shape index (κ3) is 2.84. The molecule has 6 heteroatoms. The highest BCUT2D eigenvalue weighted by Crippen LogP contribution is 2.30. The monoisotopic (exact) mass is 260 g/mol. The standard InChI is InChI=1S/C13H20N6/c14-12(15)11-3-4-16-17-13(11)19-7-5-18(6-8-19)9-10-1-2-10/h3-4,10H,1-2,5-9H2,(H3,14,15). The molecule has 0 unspecified atom stereocenters. The quantitative estimate of drug-likeness (QED) is 0.601. The second-order valence-corrected chi connectivity index (χ2v) is 5.41. The first-order valence-corrected chi connectivity index (χ1v) is 6.87. The van der Waals surface area contributed by atoms with Crippen LogP contribution in [0.1, 0.15) is 18.4 Å². The number of rotatable bonds is 4. The zero-order valence-electron chi connectivity index (χ0n) is 11.0. The second kappa shape index (κ2) is 5.13. The van der Waals surface area contributed by atoms with Crippen LogP contribution in [0.2, 0.25) is 0 Å². The van der Waals surface area contributed by atoms with E-state index in [4.69, 9.17) is 11.1 Å². The van der Waals surface area contributed by atoms with Gasteiger partial charge in [-0.3, -0.25) is 10.3 Å². The van der Waals surface area contributed by atoms with E-state index in [0.29, 0.717) is 5.56 Å². The number of hydrogen-bond donors (Lipinski definition) is 2. The van der Waals surface area contributed by atoms with Crippen molar-refractivity contribution in [1.82, 2.24) is 15.1 Å². The normalized spacial score (nSPS) is 20.5. The maximum Gasteiger partial charge on any atom is 0.162 e. The van der Waals surface area contributed by atoms with E-state index < -0.39 is 0 Å². The van der Waals surface area contributed by atoms with Crippen LogP contribution >= 0.6 is 0 Å². The van der Waals surface area contributed by atoms with Gasteiger partial charge in [0.2, 0.25) is 0 Å². The lowest BCUT2D eigenvalue weighted by Gasteiger charge is -2.35. The highest BCUT2D eigenvalue weighted by molar-refractivity contribution is 5.99. The largest absolute Gasteiger partial charge is 0.384 e. The highest BCUT2D eigenvalue weighted by Gasteiger charge is 2.27. The van der Waals surface area contributed by atoms with Crippen molar-refractivity contribution in [2.24, 2.45) is 11.7 Å². The van der Waals surface area contributed by atoms with Gasteiger partial charge in [0.05, 0.1) is 11.8 Å². The molecule has 3 N–H and O–H groups in total. The first kappa shape index (κ1) is 12.3. The van der Waals surface area contributed by atoms with E-state index in [1.165, 1.54) is 19.4 Å². The fourth-order valence-corrected chi connectivity index (χ4v) is 2.58. The van der Waals surface area contributed by atoms with Gasteiger partial charge in [0.15, 0.2) is 5.82 Å². The Hall–Kier alpha value is -1.69. The topological polar surface area (TPSA) is 82.1 Å². The van der Waals surface area contributed by atoms with E-state index >= 15 is 0 Å². The Labute approximate surface area is 113 Å². The van der Waals surface area contributed by atoms with Crippen molar-refractivity contribution in [3.8, 4) is 0 Å². The molecule has 2 fully saturated rings. The number of hydrogen-bond acceptors (Lipinski definition) is 5. The molecule has 0 amide bonds. The SMILES string of the molecule is N=C(N)c1ccnnc1N1CCN(CC2CC2)CC1. The van der Waals surface area contributed by atoms with Gasteiger partial charge >= 0.3 is 0 Å². The number of aromatic nitrogens is 2. The number of nitrogens with two attached hydrogens (primary N) is 1. The predicted octanol–water partition coefficient (Wildman–Crippen LogP) is 0.293. The van der Waals surface area contributed by atoms with Crippen LogP contribution in [-0.4, -0.2) is 53.7 Å². The molecular formula is C13H20N6. The smallest absolute Gasteiger partial charge is 0.162 e. The van der Waals surface area contributed by atoms with Gasteiger partial charge in [-0.2, -0.15) is 5.10 Å². The summed E-state index contributed by atoms with van der Waals surface area (Å²) in [5.74, 6) is 1.75. The molecule has 0 bridgehead atoms. The third-order valence-electron chi connectivity index (χ3n) is 3.88. The summed E-state index contributed by atoms with van der Waals surface area (Å²) in [5.41, 5.74) is 6.29. The first-order chi connectivity index (χ1) is 9.24. The fraction of sp³-hybridized carbons (Fsp3) is 0.615. The maximum atomic E-state index is 7.61. The summed E-state index contributed by atoms with van der Waals surface area (Å²) in [6.07, 6.45) is 4.39. The summed E-state index contributed by atoms with van der Waals surface area (Å²) in [5, 5.41) is 15.7. The molecule has 0 spiro atoms. The maximum absolute atomic E-state index is 7.61. The molecule has 6 nitrogen and oxygen atoms in total. The van der Waals surface area contributed by atoms with E-state index in [1.54, 1.807) is 12.3 Å². The summed E-state index contributed by atoms with van der Waals surface area (Å²) in [6.45, 7) is 5.24. The van der Waals surface area contributed by atoms with Crippen molar-refractivity contribution < 1.29 is 0 Å². The van der Waals surface area contributed by atoms with Crippen LogP contribution in [0.15, 0.2) is 12.3 Å². The average Bonchev–Trinajstić information content (AvgIpc) is 3.23. The molecule has 3 rings (SSSR count). The molecule has 102 valence electrons. The molecule has 1 aliphatic carbocycles. The van der Waals surface area contributed by atoms with Crippen LogP contribution in [0.3, 0.4) is 0 Å². The van der Waals surface area contributed by atoms with E-state index in [0.717, 1.165) is 37.9 Å². The van der Waals surface area contributed by atoms with E-state index in [1.807, 2.05) is 0 Å². The summed E-state index contributed by atoms with van der Waals surface area (Å²) in [6, 6.07) is 1.77. The van der Waals surface area contributed by atoms with Crippen molar-refractivity contribution in [2.45, 2.75) is 12.8 Å². The van der Waals surface area contributed by atoms with Gasteiger partial charge in [-0.15, -0.1) is 5.10 Å². The van der Waals surface area contributed by atoms with Crippen molar-refractivity contribution in [2.75, 3.05) is 37.6 Å². The van der Waals surface area contributed by atoms with Crippen LogP contribution < -0.4 is 10.6 Å². The van der Waals surface area contributed by atoms with Crippen molar-refractivity contribution in [3.63, 3.8) is 0 Å². The molecule has 1 saturated carbocycles. The Morgan fingerprint density at radius 2 is 2.05 bits per heavy atom. The van der Waals surface area contributed by atoms with Gasteiger partial charge in [0, 0.05) is 32.7 Å². The molecule has 0 atom stereocenters. The average molecular weight is 260 g/mol. The Balaban J connectivity index is 1.65. The first-order valence-electron chi connectivity index (χ1n) is 6.87. The number of anilines is 1. The minimum Gasteiger partial charge on any atom is -0.384 e. The molecule has 19 heavy (non-hydrogen) atoms. The summed E-state index contributed by atoms with van der Waals surface area (Å²) in [4.78, 5) is 4.71. The molecular weight excluding hydrogens is 240 g/mol. The van der Waals surface area contributed by atoms with Crippen LogP contribution in [-0.2, 0) is 0 Å². The number of nitrogens with one attached hydrogen (secondary N) is 1. The molecule has 1 saturated heterocycles. The molecule has 2 aliphatic rings. The lowest BCUT2D eigenvalue weighted by Crippen LogP contribution is -2.47. The number of nitrogens with zero attached hydrogens (tertiary/aromatic N) is 4. The second-order valence-electron chi connectivity index (χ2n) is 5.41. The molecule has 0 aromatic carbocycles. The van der Waals surface area contributed by atoms with Gasteiger partial charge in [-0.25, -0.2) is 0 Å². The van der Waals surface area contributed by atoms with Crippen LogP contribution in [0.5, 0.6) is 0 Å². The Bertz CT molecular complexity index is 462. The predicted molar refractivity (Wildman–Crippen MR) is 74.4 cm³/mol. The summed E-state index contributed by atoms with van der Waals surface area (Å²) >= 11 is 0. The van der Waals surface area contributed by atoms with Gasteiger partial charge in [-0.1, -0.05) is 0 Å². The third-order valence-corrected chi connectivity index (χ3v) is 3.88. The Morgan fingerprint density at radius 3 is 2.68 bits per heavy atom. The lowest BCUT2D eigenvalue weighted by atomic mass is 10.2. The molecule has 1 aromatic heterocycles. The lowest BCUT2D eigenvalue weighted by molar-refractivity contribution is 0.247. The number of amidine groups is 1. The van der Waals surface area contributed by atoms with Crippen LogP contribution in [0.25, 0.3) is 0 Å². The Morgan fingerprint density at radius 1 is 1.32 bits per heavy atom. The van der Waals surface area contributed by atoms with Gasteiger partial charge in [0.25, 0.3) is 0 Å². The summed E-state index contributed by atoms with van der Waals surface area (Å²) < 4.78 is 0. The number of nitrogen functional groups attached to an aromatic ring is 1. The highest BCUT2D eigenvalue weighted by atomic mass is 15.3. The van der Waals surface area contributed by atoms with Crippen LogP contribution in [0.4, 0.5) is 5.82 Å². The molecule has 1 aromatic rings. The minimum atomic E-state index is 0.0605. The van der Waals surface area contributed by atoms with Crippen molar-refractivity contribution in [1.29, 1.82) is 5.41 Å². The van der Waals surface area contributed by atoms with Crippen LogP contribution in [0, 0.1) is 11.3 Å². The number of piperazine rings is 1. The molecule has 2 heterocycles. The van der Waals surface area contributed by atoms with E-state index in [9.17, 15) is 0 Å². The fourth-order valence-electron chi connectivity index (χ4n) is 2.58. The molecule has 0 radical (unpaired) electrons. The van der Waals surface area contributed by atoms with Gasteiger partial charge in [-0.05, 0) is 24.8 Å². The van der Waals surface area contributed by atoms with Gasteiger partial charge in [0.1, 0.15) is 5.84 Å². The zero-order valence-corrected chi connectivity index (χ0v) is 11.0. The van der Waals surface area contributed by atoms with E-state index in [-0.39, 0.29) is 5.84 Å².